The van der Waals surface area contributed by atoms with Crippen LogP contribution in [0.4, 0.5) is 0 Å². The van der Waals surface area contributed by atoms with Crippen LogP contribution in [0.3, 0.4) is 0 Å². The summed E-state index contributed by atoms with van der Waals surface area (Å²) in [6.45, 7) is 4.64. The largest absolute Gasteiger partial charge is 0.336 e. The van der Waals surface area contributed by atoms with E-state index in [2.05, 4.69) is 16.9 Å². The van der Waals surface area contributed by atoms with Gasteiger partial charge in [0.2, 0.25) is 10.0 Å². The van der Waals surface area contributed by atoms with Gasteiger partial charge in [-0.2, -0.15) is 16.1 Å². The van der Waals surface area contributed by atoms with Gasteiger partial charge in [0.15, 0.2) is 0 Å². The van der Waals surface area contributed by atoms with Crippen LogP contribution in [0, 0.1) is 5.92 Å². The van der Waals surface area contributed by atoms with Gasteiger partial charge in [-0.3, -0.25) is 9.36 Å². The number of aromatic nitrogens is 3. The van der Waals surface area contributed by atoms with E-state index in [1.807, 2.05) is 16.7 Å². The lowest BCUT2D eigenvalue weighted by Gasteiger charge is -2.29. The Morgan fingerprint density at radius 3 is 2.66 bits per heavy atom. The molecule has 1 amide bonds. The molecule has 0 aromatic carbocycles. The van der Waals surface area contributed by atoms with Crippen molar-refractivity contribution in [3.63, 3.8) is 0 Å². The topological polar surface area (TPSA) is 88.4 Å². The van der Waals surface area contributed by atoms with E-state index >= 15 is 0 Å². The van der Waals surface area contributed by atoms with Gasteiger partial charge in [-0.1, -0.05) is 6.92 Å². The van der Waals surface area contributed by atoms with Crippen molar-refractivity contribution in [1.29, 1.82) is 0 Å². The highest BCUT2D eigenvalue weighted by atomic mass is 32.2. The van der Waals surface area contributed by atoms with Gasteiger partial charge in [-0.25, -0.2) is 18.4 Å². The van der Waals surface area contributed by atoms with Crippen LogP contribution in [0.15, 0.2) is 35.7 Å². The van der Waals surface area contributed by atoms with Gasteiger partial charge in [0.25, 0.3) is 5.91 Å². The minimum absolute atomic E-state index is 0.0810. The average Bonchev–Trinajstić information content (AvgIpc) is 3.24. The molecule has 0 spiro atoms. The first kappa shape index (κ1) is 20.4. The molecule has 10 heteroatoms. The number of sulfonamides is 1. The number of amides is 1. The maximum Gasteiger partial charge on any atom is 0.274 e. The van der Waals surface area contributed by atoms with Crippen LogP contribution in [0.5, 0.6) is 0 Å². The summed E-state index contributed by atoms with van der Waals surface area (Å²) in [5, 5.41) is 0. The van der Waals surface area contributed by atoms with Gasteiger partial charge < -0.3 is 4.90 Å². The van der Waals surface area contributed by atoms with Gasteiger partial charge in [-0.05, 0) is 30.9 Å². The number of piperidine rings is 1. The summed E-state index contributed by atoms with van der Waals surface area (Å²) in [6.07, 6.45) is 6.50. The van der Waals surface area contributed by atoms with Crippen molar-refractivity contribution < 1.29 is 13.2 Å². The molecule has 0 aliphatic carbocycles. The van der Waals surface area contributed by atoms with E-state index in [0.29, 0.717) is 30.5 Å². The molecule has 0 radical (unpaired) electrons. The highest BCUT2D eigenvalue weighted by Gasteiger charge is 2.29. The molecule has 0 N–H and O–H groups in total. The second-order valence-corrected chi connectivity index (χ2v) is 10.7. The molecule has 2 saturated heterocycles. The first-order valence-corrected chi connectivity index (χ1v) is 12.4. The van der Waals surface area contributed by atoms with Crippen molar-refractivity contribution in [3.05, 3.63) is 36.5 Å². The molecule has 0 unspecified atom stereocenters. The molecule has 2 aromatic rings. The van der Waals surface area contributed by atoms with E-state index in [9.17, 15) is 13.2 Å². The van der Waals surface area contributed by atoms with Crippen LogP contribution < -0.4 is 0 Å². The lowest BCUT2D eigenvalue weighted by molar-refractivity contribution is 0.0767. The number of hydrogen-bond donors (Lipinski definition) is 0. The van der Waals surface area contributed by atoms with Gasteiger partial charge >= 0.3 is 0 Å². The quantitative estimate of drug-likeness (QED) is 0.729. The second-order valence-electron chi connectivity index (χ2n) is 7.53. The summed E-state index contributed by atoms with van der Waals surface area (Å²) < 4.78 is 28.9. The molecule has 29 heavy (non-hydrogen) atoms. The molecule has 4 rings (SSSR count). The van der Waals surface area contributed by atoms with E-state index in [4.69, 9.17) is 0 Å². The number of hydrogen-bond acceptors (Lipinski definition) is 6. The van der Waals surface area contributed by atoms with Crippen molar-refractivity contribution >= 4 is 27.7 Å². The third-order valence-electron chi connectivity index (χ3n) is 5.34. The first-order valence-electron chi connectivity index (χ1n) is 9.83. The average molecular weight is 436 g/mol. The van der Waals surface area contributed by atoms with Crippen LogP contribution in [0.1, 0.15) is 30.3 Å². The van der Waals surface area contributed by atoms with Crippen molar-refractivity contribution in [1.82, 2.24) is 23.7 Å². The Bertz CT molecular complexity index is 968. The maximum absolute atomic E-state index is 12.9. The van der Waals surface area contributed by atoms with Crippen molar-refractivity contribution in [2.75, 3.05) is 37.7 Å². The molecule has 156 valence electrons. The lowest BCUT2D eigenvalue weighted by Crippen LogP contribution is -2.39. The number of carbonyl (C=O) groups excluding carboxylic acids is 1. The summed E-state index contributed by atoms with van der Waals surface area (Å²) in [6, 6.07) is 3.22. The highest BCUT2D eigenvalue weighted by Crippen LogP contribution is 2.23. The Kier molecular flexibility index (Phi) is 5.93. The van der Waals surface area contributed by atoms with E-state index in [-0.39, 0.29) is 10.8 Å². The summed E-state index contributed by atoms with van der Waals surface area (Å²) in [5.41, 5.74) is 0.373. The number of imidazole rings is 1. The fourth-order valence-corrected chi connectivity index (χ4v) is 6.13. The Hall–Kier alpha value is -1.91. The number of thioether (sulfide) groups is 1. The van der Waals surface area contributed by atoms with Crippen molar-refractivity contribution in [2.24, 2.45) is 5.92 Å². The Morgan fingerprint density at radius 2 is 1.97 bits per heavy atom. The number of pyridine rings is 1. The molecular weight excluding hydrogens is 410 g/mol. The van der Waals surface area contributed by atoms with Crippen LogP contribution in [0.2, 0.25) is 0 Å². The number of rotatable bonds is 4. The molecule has 2 aromatic heterocycles. The second kappa shape index (κ2) is 8.45. The summed E-state index contributed by atoms with van der Waals surface area (Å²) in [7, 11) is -3.53. The van der Waals surface area contributed by atoms with E-state index < -0.39 is 10.0 Å². The number of carbonyl (C=O) groups is 1. The zero-order valence-corrected chi connectivity index (χ0v) is 18.0. The van der Waals surface area contributed by atoms with E-state index in [1.54, 1.807) is 27.2 Å². The van der Waals surface area contributed by atoms with Gasteiger partial charge in [0.1, 0.15) is 22.7 Å². The van der Waals surface area contributed by atoms with Crippen LogP contribution in [0.25, 0.3) is 5.82 Å². The van der Waals surface area contributed by atoms with Crippen LogP contribution in [-0.2, 0) is 10.0 Å². The number of nitrogens with zero attached hydrogens (tertiary/aromatic N) is 5. The zero-order chi connectivity index (χ0) is 20.4. The molecular formula is C19H25N5O3S2. The molecule has 2 fully saturated rings. The predicted molar refractivity (Wildman–Crippen MR) is 112 cm³/mol. The Morgan fingerprint density at radius 1 is 1.17 bits per heavy atom. The van der Waals surface area contributed by atoms with E-state index in [0.717, 1.165) is 37.4 Å². The van der Waals surface area contributed by atoms with E-state index in [1.165, 1.54) is 12.5 Å². The molecule has 2 aliphatic heterocycles. The third kappa shape index (κ3) is 4.34. The first-order chi connectivity index (χ1) is 13.9. The maximum atomic E-state index is 12.9. The Labute approximate surface area is 175 Å². The van der Waals surface area contributed by atoms with Crippen LogP contribution >= 0.6 is 11.8 Å². The highest BCUT2D eigenvalue weighted by molar-refractivity contribution is 7.99. The minimum Gasteiger partial charge on any atom is -0.336 e. The van der Waals surface area contributed by atoms with Crippen LogP contribution in [-0.4, -0.2) is 75.7 Å². The monoisotopic (exact) mass is 435 g/mol. The molecule has 2 aliphatic rings. The van der Waals surface area contributed by atoms with Crippen molar-refractivity contribution in [3.8, 4) is 5.82 Å². The SMILES string of the molecule is C[C@@H]1CCCN(S(=O)(=O)c2ccc(-n3cnc(C(=O)N4CCSCC4)c3)nc2)C1. The molecule has 4 heterocycles. The standard InChI is InChI=1S/C19H25N5O3S2/c1-15-3-2-6-24(12-15)29(26,27)16-4-5-18(20-11-16)23-13-17(21-14-23)19(25)22-7-9-28-10-8-22/h4-5,11,13-15H,2-3,6-10,12H2,1H3/t15-/m1/s1. The summed E-state index contributed by atoms with van der Waals surface area (Å²) in [4.78, 5) is 23.1. The summed E-state index contributed by atoms with van der Waals surface area (Å²) in [5.74, 6) is 2.70. The third-order valence-corrected chi connectivity index (χ3v) is 8.13. The Balaban J connectivity index is 1.49. The predicted octanol–water partition coefficient (Wildman–Crippen LogP) is 1.88. The molecule has 0 saturated carbocycles. The molecule has 8 nitrogen and oxygen atoms in total. The summed E-state index contributed by atoms with van der Waals surface area (Å²) >= 11 is 1.84. The zero-order valence-electron chi connectivity index (χ0n) is 16.4. The van der Waals surface area contributed by atoms with Gasteiger partial charge in [0.05, 0.1) is 0 Å². The normalized spacial score (nSPS) is 21.3. The van der Waals surface area contributed by atoms with Gasteiger partial charge in [-0.15, -0.1) is 0 Å². The van der Waals surface area contributed by atoms with Gasteiger partial charge in [0, 0.05) is 50.1 Å². The lowest BCUT2D eigenvalue weighted by atomic mass is 10.0. The fraction of sp³-hybridized carbons (Fsp3) is 0.526. The molecule has 1 atom stereocenters. The fourth-order valence-electron chi connectivity index (χ4n) is 3.68. The minimum atomic E-state index is -3.53. The van der Waals surface area contributed by atoms with Crippen molar-refractivity contribution in [2.45, 2.75) is 24.7 Å². The molecule has 0 bridgehead atoms. The smallest absolute Gasteiger partial charge is 0.274 e.